The third kappa shape index (κ3) is 5.26. The molecule has 1 aromatic carbocycles. The van der Waals surface area contributed by atoms with Crippen molar-refractivity contribution in [1.29, 1.82) is 0 Å². The predicted molar refractivity (Wildman–Crippen MR) is 122 cm³/mol. The zero-order chi connectivity index (χ0) is 19.3. The zero-order valence-electron chi connectivity index (χ0n) is 16.9. The van der Waals surface area contributed by atoms with Gasteiger partial charge in [0.25, 0.3) is 5.91 Å². The van der Waals surface area contributed by atoms with E-state index in [2.05, 4.69) is 30.8 Å². The molecule has 1 saturated heterocycles. The molecule has 3 aromatic rings. The lowest BCUT2D eigenvalue weighted by atomic mass is 10.2. The number of carbonyl (C=O) groups is 1. The molecular weight excluding hydrogens is 425 g/mol. The summed E-state index contributed by atoms with van der Waals surface area (Å²) in [5, 5.41) is 15.6. The summed E-state index contributed by atoms with van der Waals surface area (Å²) < 4.78 is 1.71. The van der Waals surface area contributed by atoms with Gasteiger partial charge in [-0.1, -0.05) is 11.3 Å². The minimum Gasteiger partial charge on any atom is -0.351 e. The van der Waals surface area contributed by atoms with Crippen molar-refractivity contribution >= 4 is 41.6 Å². The van der Waals surface area contributed by atoms with Crippen LogP contribution in [0.25, 0.3) is 16.6 Å². The molecule has 30 heavy (non-hydrogen) atoms. The maximum absolute atomic E-state index is 12.6. The molecule has 4 rings (SSSR count). The van der Waals surface area contributed by atoms with E-state index < -0.39 is 0 Å². The van der Waals surface area contributed by atoms with Crippen LogP contribution in [0.4, 0.5) is 0 Å². The molecule has 8 nitrogen and oxygen atoms in total. The van der Waals surface area contributed by atoms with Gasteiger partial charge in [-0.25, -0.2) is 4.68 Å². The van der Waals surface area contributed by atoms with Gasteiger partial charge in [0.2, 0.25) is 0 Å². The van der Waals surface area contributed by atoms with Gasteiger partial charge in [0.05, 0.1) is 16.9 Å². The van der Waals surface area contributed by atoms with Gasteiger partial charge in [0.15, 0.2) is 5.69 Å². The fraction of sp³-hybridized carbons (Fsp3) is 0.400. The van der Waals surface area contributed by atoms with Gasteiger partial charge in [-0.3, -0.25) is 9.78 Å². The minimum absolute atomic E-state index is 0. The monoisotopic (exact) mass is 451 g/mol. The van der Waals surface area contributed by atoms with Crippen LogP contribution in [0, 0.1) is 6.92 Å². The van der Waals surface area contributed by atoms with Gasteiger partial charge in [-0.2, -0.15) is 0 Å². The van der Waals surface area contributed by atoms with Crippen molar-refractivity contribution in [2.45, 2.75) is 13.3 Å². The van der Waals surface area contributed by atoms with E-state index in [-0.39, 0.29) is 30.7 Å². The molecule has 1 aliphatic heterocycles. The third-order valence-electron chi connectivity index (χ3n) is 5.11. The van der Waals surface area contributed by atoms with E-state index >= 15 is 0 Å². The lowest BCUT2D eigenvalue weighted by Crippen LogP contribution is -2.44. The van der Waals surface area contributed by atoms with Gasteiger partial charge < -0.3 is 15.5 Å². The van der Waals surface area contributed by atoms with Gasteiger partial charge in [0, 0.05) is 44.3 Å². The van der Waals surface area contributed by atoms with Crippen molar-refractivity contribution in [3.8, 4) is 5.69 Å². The van der Waals surface area contributed by atoms with E-state index in [1.165, 1.54) is 0 Å². The number of carbonyl (C=O) groups excluding carboxylic acids is 1. The Morgan fingerprint density at radius 2 is 1.97 bits per heavy atom. The van der Waals surface area contributed by atoms with Gasteiger partial charge in [-0.15, -0.1) is 29.9 Å². The average Bonchev–Trinajstić information content (AvgIpc) is 3.12. The number of nitrogens with one attached hydrogen (secondary N) is 2. The van der Waals surface area contributed by atoms with Crippen molar-refractivity contribution < 1.29 is 4.79 Å². The Morgan fingerprint density at radius 1 is 1.17 bits per heavy atom. The normalized spacial score (nSPS) is 14.0. The molecule has 0 atom stereocenters. The van der Waals surface area contributed by atoms with E-state index in [9.17, 15) is 4.79 Å². The number of piperazine rings is 1. The van der Waals surface area contributed by atoms with Crippen LogP contribution in [-0.4, -0.2) is 70.1 Å². The van der Waals surface area contributed by atoms with Gasteiger partial charge >= 0.3 is 0 Å². The molecule has 1 aliphatic rings. The highest BCUT2D eigenvalue weighted by Crippen LogP contribution is 2.21. The maximum atomic E-state index is 12.6. The summed E-state index contributed by atoms with van der Waals surface area (Å²) in [6, 6.07) is 9.73. The highest BCUT2D eigenvalue weighted by molar-refractivity contribution is 5.94. The largest absolute Gasteiger partial charge is 0.351 e. The molecule has 2 aromatic heterocycles. The van der Waals surface area contributed by atoms with Crippen LogP contribution in [0.5, 0.6) is 0 Å². The summed E-state index contributed by atoms with van der Waals surface area (Å²) in [5.41, 5.74) is 2.83. The van der Waals surface area contributed by atoms with E-state index in [0.29, 0.717) is 12.2 Å². The highest BCUT2D eigenvalue weighted by Gasteiger charge is 2.18. The van der Waals surface area contributed by atoms with Crippen LogP contribution in [0.2, 0.25) is 0 Å². The Morgan fingerprint density at radius 3 is 2.77 bits per heavy atom. The number of amides is 1. The lowest BCUT2D eigenvalue weighted by molar-refractivity contribution is 0.0945. The summed E-state index contributed by atoms with van der Waals surface area (Å²) in [6.07, 6.45) is 2.69. The molecule has 1 fully saturated rings. The average molecular weight is 452 g/mol. The Bertz CT molecular complexity index is 967. The second-order valence-corrected chi connectivity index (χ2v) is 6.98. The summed E-state index contributed by atoms with van der Waals surface area (Å²) >= 11 is 0. The number of aromatic nitrogens is 4. The second kappa shape index (κ2) is 11.2. The van der Waals surface area contributed by atoms with Gasteiger partial charge in [0.1, 0.15) is 0 Å². The molecule has 10 heteroatoms. The van der Waals surface area contributed by atoms with Crippen molar-refractivity contribution in [2.24, 2.45) is 0 Å². The number of pyridine rings is 1. The maximum Gasteiger partial charge on any atom is 0.273 e. The summed E-state index contributed by atoms with van der Waals surface area (Å²) in [4.78, 5) is 19.4. The quantitative estimate of drug-likeness (QED) is 0.557. The smallest absolute Gasteiger partial charge is 0.273 e. The minimum atomic E-state index is -0.178. The third-order valence-corrected chi connectivity index (χ3v) is 5.11. The molecule has 0 radical (unpaired) electrons. The Hall–Kier alpha value is -2.26. The first-order valence-corrected chi connectivity index (χ1v) is 9.72. The first-order chi connectivity index (χ1) is 13.7. The molecular formula is C20H27Cl2N7O. The Labute approximate surface area is 188 Å². The molecule has 0 aliphatic carbocycles. The topological polar surface area (TPSA) is 88.0 Å². The molecule has 0 spiro atoms. The first kappa shape index (κ1) is 24.0. The van der Waals surface area contributed by atoms with Crippen LogP contribution < -0.4 is 10.6 Å². The number of hydrogen-bond acceptors (Lipinski definition) is 6. The van der Waals surface area contributed by atoms with Crippen molar-refractivity contribution in [3.05, 3.63) is 47.9 Å². The van der Waals surface area contributed by atoms with Crippen LogP contribution in [0.1, 0.15) is 22.6 Å². The molecule has 0 unspecified atom stereocenters. The second-order valence-electron chi connectivity index (χ2n) is 6.98. The molecule has 1 amide bonds. The summed E-state index contributed by atoms with van der Waals surface area (Å²) in [6.45, 7) is 7.72. The Kier molecular flexibility index (Phi) is 8.98. The van der Waals surface area contributed by atoms with E-state index in [1.54, 1.807) is 10.9 Å². The SMILES string of the molecule is Cc1c(C(=O)NCCCN2CCNCC2)nnn1-c1cccc2ncccc12.Cl.Cl. The fourth-order valence-corrected chi connectivity index (χ4v) is 3.56. The van der Waals surface area contributed by atoms with Crippen LogP contribution in [0.15, 0.2) is 36.5 Å². The standard InChI is InChI=1S/C20H25N7O.2ClH/c1-15-19(20(28)23-9-4-12-26-13-10-21-11-14-26)24-25-27(15)18-7-2-6-17-16(18)5-3-8-22-17;;/h2-3,5-8,21H,4,9-14H2,1H3,(H,23,28);2*1H. The van der Waals surface area contributed by atoms with Crippen LogP contribution in [0.3, 0.4) is 0 Å². The van der Waals surface area contributed by atoms with Gasteiger partial charge in [-0.05, 0) is 44.2 Å². The molecule has 3 heterocycles. The lowest BCUT2D eigenvalue weighted by Gasteiger charge is -2.26. The van der Waals surface area contributed by atoms with E-state index in [1.807, 2.05) is 37.3 Å². The molecule has 162 valence electrons. The van der Waals surface area contributed by atoms with Crippen LogP contribution >= 0.6 is 24.8 Å². The molecule has 0 saturated carbocycles. The first-order valence-electron chi connectivity index (χ1n) is 9.72. The number of benzene rings is 1. The number of fused-ring (bicyclic) bond motifs is 1. The van der Waals surface area contributed by atoms with E-state index in [4.69, 9.17) is 0 Å². The fourth-order valence-electron chi connectivity index (χ4n) is 3.56. The number of rotatable bonds is 6. The number of halogens is 2. The molecule has 0 bridgehead atoms. The number of hydrogen-bond donors (Lipinski definition) is 2. The molecule has 2 N–H and O–H groups in total. The van der Waals surface area contributed by atoms with Crippen molar-refractivity contribution in [2.75, 3.05) is 39.3 Å². The van der Waals surface area contributed by atoms with Crippen molar-refractivity contribution in [1.82, 2.24) is 35.5 Å². The van der Waals surface area contributed by atoms with Crippen LogP contribution in [-0.2, 0) is 0 Å². The summed E-state index contributed by atoms with van der Waals surface area (Å²) in [5.74, 6) is -0.178. The van der Waals surface area contributed by atoms with Crippen molar-refractivity contribution in [3.63, 3.8) is 0 Å². The highest BCUT2D eigenvalue weighted by atomic mass is 35.5. The summed E-state index contributed by atoms with van der Waals surface area (Å²) in [7, 11) is 0. The predicted octanol–water partition coefficient (Wildman–Crippen LogP) is 1.99. The number of nitrogens with zero attached hydrogens (tertiary/aromatic N) is 5. The van der Waals surface area contributed by atoms with E-state index in [0.717, 1.165) is 61.4 Å². The Balaban J connectivity index is 0.00000160. The zero-order valence-corrected chi connectivity index (χ0v) is 18.5.